The highest BCUT2D eigenvalue weighted by Crippen LogP contribution is 2.23. The van der Waals surface area contributed by atoms with Gasteiger partial charge in [-0.05, 0) is 36.2 Å². The van der Waals surface area contributed by atoms with Gasteiger partial charge in [0.15, 0.2) is 0 Å². The van der Waals surface area contributed by atoms with Gasteiger partial charge in [0, 0.05) is 39.0 Å². The van der Waals surface area contributed by atoms with Gasteiger partial charge in [0.1, 0.15) is 5.69 Å². The van der Waals surface area contributed by atoms with Gasteiger partial charge in [-0.1, -0.05) is 42.5 Å². The Labute approximate surface area is 217 Å². The Bertz CT molecular complexity index is 1330. The Balaban J connectivity index is 1.59. The summed E-state index contributed by atoms with van der Waals surface area (Å²) >= 11 is 0. The molecule has 1 aliphatic rings. The van der Waals surface area contributed by atoms with Crippen molar-refractivity contribution in [3.05, 3.63) is 54.4 Å². The largest absolute Gasteiger partial charge is 0.394 e. The number of aliphatic hydroxyl groups is 1. The van der Waals surface area contributed by atoms with Crippen molar-refractivity contribution < 1.29 is 23.1 Å². The maximum atomic E-state index is 13.5. The van der Waals surface area contributed by atoms with Gasteiger partial charge in [-0.3, -0.25) is 9.48 Å². The molecule has 0 unspecified atom stereocenters. The molecule has 3 aromatic rings. The summed E-state index contributed by atoms with van der Waals surface area (Å²) in [6, 6.07) is 12.3. The minimum absolute atomic E-state index is 0.0659. The maximum Gasteiger partial charge on any atom is 0.242 e. The first-order chi connectivity index (χ1) is 17.7. The van der Waals surface area contributed by atoms with Crippen molar-refractivity contribution in [3.8, 4) is 0 Å². The van der Waals surface area contributed by atoms with Crippen LogP contribution in [-0.4, -0.2) is 82.5 Å². The lowest BCUT2D eigenvalue weighted by Gasteiger charge is -2.35. The first kappa shape index (κ1) is 27.2. The number of sulfonamides is 1. The smallest absolute Gasteiger partial charge is 0.242 e. The molecule has 3 atom stereocenters. The summed E-state index contributed by atoms with van der Waals surface area (Å²) in [6.45, 7) is 4.71. The van der Waals surface area contributed by atoms with Crippen LogP contribution in [0.1, 0.15) is 32.4 Å². The van der Waals surface area contributed by atoms with Crippen molar-refractivity contribution >= 4 is 26.7 Å². The molecule has 0 saturated carbocycles. The van der Waals surface area contributed by atoms with Gasteiger partial charge in [0.2, 0.25) is 15.9 Å². The molecule has 1 amide bonds. The molecule has 0 fully saturated rings. The number of aliphatic hydroxyl groups excluding tert-OH is 1. The van der Waals surface area contributed by atoms with Crippen molar-refractivity contribution in [1.29, 1.82) is 0 Å². The van der Waals surface area contributed by atoms with Crippen molar-refractivity contribution in [2.75, 3.05) is 26.7 Å². The van der Waals surface area contributed by atoms with Crippen LogP contribution in [0.5, 0.6) is 0 Å². The van der Waals surface area contributed by atoms with Gasteiger partial charge in [0.25, 0.3) is 0 Å². The number of nitrogens with zero attached hydrogens (tertiary/aromatic N) is 5. The predicted molar refractivity (Wildman–Crippen MR) is 139 cm³/mol. The number of fused-ring (bicyclic) bond motifs is 3. The fourth-order valence-electron chi connectivity index (χ4n) is 4.55. The number of benzene rings is 2. The van der Waals surface area contributed by atoms with Gasteiger partial charge in [0.05, 0.1) is 36.5 Å². The molecule has 1 aromatic heterocycles. The predicted octanol–water partition coefficient (Wildman–Crippen LogP) is 2.28. The molecule has 1 N–H and O–H groups in total. The minimum Gasteiger partial charge on any atom is -0.394 e. The third-order valence-corrected chi connectivity index (χ3v) is 8.73. The first-order valence-electron chi connectivity index (χ1n) is 12.5. The van der Waals surface area contributed by atoms with E-state index in [9.17, 15) is 18.3 Å². The lowest BCUT2D eigenvalue weighted by atomic mass is 10.0. The Morgan fingerprint density at radius 1 is 1.22 bits per heavy atom. The Morgan fingerprint density at radius 2 is 1.97 bits per heavy atom. The molecule has 11 heteroatoms. The molecule has 1 aliphatic heterocycles. The van der Waals surface area contributed by atoms with Gasteiger partial charge in [-0.25, -0.2) is 8.42 Å². The highest BCUT2D eigenvalue weighted by atomic mass is 32.2. The van der Waals surface area contributed by atoms with Crippen molar-refractivity contribution in [1.82, 2.24) is 24.2 Å². The highest BCUT2D eigenvalue weighted by Gasteiger charge is 2.31. The summed E-state index contributed by atoms with van der Waals surface area (Å²) in [7, 11) is -2.26. The monoisotopic (exact) mass is 529 g/mol. The summed E-state index contributed by atoms with van der Waals surface area (Å²) in [5.74, 6) is -0.285. The van der Waals surface area contributed by atoms with E-state index in [0.29, 0.717) is 31.6 Å². The lowest BCUT2D eigenvalue weighted by molar-refractivity contribution is -0.136. The number of amides is 1. The van der Waals surface area contributed by atoms with Crippen LogP contribution in [0.4, 0.5) is 0 Å². The number of hydrogen-bond donors (Lipinski definition) is 1. The van der Waals surface area contributed by atoms with Gasteiger partial charge < -0.3 is 14.7 Å². The summed E-state index contributed by atoms with van der Waals surface area (Å²) in [4.78, 5) is 14.9. The molecule has 0 saturated heterocycles. The van der Waals surface area contributed by atoms with Gasteiger partial charge in [-0.2, -0.15) is 4.31 Å². The van der Waals surface area contributed by atoms with E-state index in [1.807, 2.05) is 31.2 Å². The van der Waals surface area contributed by atoms with Crippen molar-refractivity contribution in [3.63, 3.8) is 0 Å². The number of aromatic nitrogens is 3. The van der Waals surface area contributed by atoms with Gasteiger partial charge in [-0.15, -0.1) is 5.10 Å². The van der Waals surface area contributed by atoms with Crippen LogP contribution in [0.2, 0.25) is 0 Å². The standard InChI is InChI=1S/C26H35N5O5S/c1-19-14-31(20(2)17-32)26(33)9-6-12-30-15-23(27-28-30)18-36-25(19)16-29(3)37(34,35)24-11-10-21-7-4-5-8-22(21)13-24/h4-5,7-8,10-11,13,15,19-20,25,32H,6,9,12,14,16-18H2,1-3H3/t19-,20-,25+/m0/s1. The second-order valence-electron chi connectivity index (χ2n) is 9.78. The van der Waals surface area contributed by atoms with Crippen LogP contribution >= 0.6 is 0 Å². The zero-order valence-electron chi connectivity index (χ0n) is 21.5. The minimum atomic E-state index is -3.80. The summed E-state index contributed by atoms with van der Waals surface area (Å²) < 4.78 is 36.2. The number of carbonyl (C=O) groups is 1. The van der Waals surface area contributed by atoms with Crippen LogP contribution in [0, 0.1) is 5.92 Å². The molecule has 200 valence electrons. The average Bonchev–Trinajstić information content (AvgIpc) is 3.35. The van der Waals surface area contributed by atoms with Crippen LogP contribution < -0.4 is 0 Å². The number of carbonyl (C=O) groups excluding carboxylic acids is 1. The van der Waals surface area contributed by atoms with E-state index in [1.54, 1.807) is 40.9 Å². The fraction of sp³-hybridized carbons (Fsp3) is 0.500. The van der Waals surface area contributed by atoms with E-state index >= 15 is 0 Å². The third kappa shape index (κ3) is 6.35. The molecule has 0 aliphatic carbocycles. The Hall–Kier alpha value is -2.86. The van der Waals surface area contributed by atoms with E-state index in [4.69, 9.17) is 4.74 Å². The summed E-state index contributed by atoms with van der Waals surface area (Å²) in [5, 5.41) is 19.8. The molecule has 10 nitrogen and oxygen atoms in total. The van der Waals surface area contributed by atoms with E-state index in [2.05, 4.69) is 10.3 Å². The fourth-order valence-corrected chi connectivity index (χ4v) is 5.77. The first-order valence-corrected chi connectivity index (χ1v) is 14.0. The third-order valence-electron chi connectivity index (χ3n) is 6.91. The Kier molecular flexibility index (Phi) is 8.58. The molecule has 37 heavy (non-hydrogen) atoms. The van der Waals surface area contributed by atoms with Crippen LogP contribution in [0.25, 0.3) is 10.8 Å². The van der Waals surface area contributed by atoms with Crippen molar-refractivity contribution in [2.45, 2.75) is 56.9 Å². The van der Waals surface area contributed by atoms with Crippen molar-refractivity contribution in [2.24, 2.45) is 5.92 Å². The highest BCUT2D eigenvalue weighted by molar-refractivity contribution is 7.89. The van der Waals surface area contributed by atoms with Crippen LogP contribution in [-0.2, 0) is 32.7 Å². The van der Waals surface area contributed by atoms with E-state index in [-0.39, 0.29) is 42.5 Å². The van der Waals surface area contributed by atoms with E-state index in [0.717, 1.165) is 10.8 Å². The zero-order valence-corrected chi connectivity index (χ0v) is 22.3. The van der Waals surface area contributed by atoms with Crippen LogP contribution in [0.3, 0.4) is 0 Å². The summed E-state index contributed by atoms with van der Waals surface area (Å²) in [6.07, 6.45) is 2.16. The normalized spacial score (nSPS) is 20.9. The maximum absolute atomic E-state index is 13.5. The molecule has 2 aromatic carbocycles. The molecule has 0 radical (unpaired) electrons. The number of aryl methyl sites for hydroxylation is 1. The average molecular weight is 530 g/mol. The molecule has 0 spiro atoms. The number of likely N-dealkylation sites (N-methyl/N-ethyl adjacent to an activating group) is 1. The van der Waals surface area contributed by atoms with E-state index in [1.165, 1.54) is 11.4 Å². The number of rotatable bonds is 6. The summed E-state index contributed by atoms with van der Waals surface area (Å²) in [5.41, 5.74) is 0.642. The number of hydrogen-bond acceptors (Lipinski definition) is 7. The topological polar surface area (TPSA) is 118 Å². The second kappa shape index (κ2) is 11.7. The van der Waals surface area contributed by atoms with Gasteiger partial charge >= 0.3 is 0 Å². The van der Waals surface area contributed by atoms with Crippen LogP contribution in [0.15, 0.2) is 53.6 Å². The molecular formula is C26H35N5O5S. The zero-order chi connectivity index (χ0) is 26.6. The molecule has 4 rings (SSSR count). The Morgan fingerprint density at radius 3 is 2.73 bits per heavy atom. The molecule has 2 bridgehead atoms. The molecule has 2 heterocycles. The molecular weight excluding hydrogens is 494 g/mol. The number of ether oxygens (including phenoxy) is 1. The second-order valence-corrected chi connectivity index (χ2v) is 11.8. The lowest BCUT2D eigenvalue weighted by Crippen LogP contribution is -2.47. The quantitative estimate of drug-likeness (QED) is 0.521. The SMILES string of the molecule is C[C@H]1CN([C@@H](C)CO)C(=O)CCCn2cc(nn2)CO[C@@H]1CN(C)S(=O)(=O)c1ccc2ccccc2c1. The van der Waals surface area contributed by atoms with E-state index < -0.39 is 16.1 Å².